The summed E-state index contributed by atoms with van der Waals surface area (Å²) in [6.07, 6.45) is 6.12. The van der Waals surface area contributed by atoms with Gasteiger partial charge in [-0.3, -0.25) is 73.7 Å². The minimum Gasteiger partial charge on any atom is -0.508 e. The van der Waals surface area contributed by atoms with E-state index in [2.05, 4.69) is 115 Å². The van der Waals surface area contributed by atoms with Gasteiger partial charge >= 0.3 is 11.9 Å². The van der Waals surface area contributed by atoms with Crippen LogP contribution in [0.1, 0.15) is 80.5 Å². The van der Waals surface area contributed by atoms with Gasteiger partial charge in [0.2, 0.25) is 0 Å². The lowest BCUT2D eigenvalue weighted by atomic mass is 10.1. The summed E-state index contributed by atoms with van der Waals surface area (Å²) in [5.74, 6) is 0.636. The molecule has 7 aromatic heterocycles. The lowest BCUT2D eigenvalue weighted by Gasteiger charge is -2.07. The molecule has 0 atom stereocenters. The third kappa shape index (κ3) is 30.8. The first-order chi connectivity index (χ1) is 59.8. The number of hydrogen-bond acceptors (Lipinski definition) is 29. The predicted molar refractivity (Wildman–Crippen MR) is 494 cm³/mol. The molecule has 0 saturated carbocycles. The molecule has 13 rings (SSSR count). The van der Waals surface area contributed by atoms with Crippen LogP contribution in [0, 0.1) is 43.2 Å². The van der Waals surface area contributed by atoms with Crippen LogP contribution < -0.4 is 64.0 Å². The number of benzene rings is 6. The van der Waals surface area contributed by atoms with E-state index in [1.165, 1.54) is 131 Å². The van der Waals surface area contributed by atoms with E-state index in [4.69, 9.17) is 68.6 Å². The second-order valence-corrected chi connectivity index (χ2v) is 24.8. The molecule has 0 aliphatic rings. The Bertz CT molecular complexity index is 6110. The maximum atomic E-state index is 14.4. The maximum Gasteiger partial charge on any atom is 0.313 e. The van der Waals surface area contributed by atoms with E-state index in [1.807, 2.05) is 6.92 Å². The number of nitrogens with one attached hydrogen (secondary N) is 7. The highest BCUT2D eigenvalue weighted by atomic mass is 128. The number of aromatic hydroxyl groups is 1. The number of nitrogens with zero attached hydrogens (tertiary/aromatic N) is 9. The average Bonchev–Trinajstić information content (AvgIpc) is 1.49. The van der Waals surface area contributed by atoms with E-state index < -0.39 is 27.0 Å². The van der Waals surface area contributed by atoms with E-state index >= 15 is 0 Å². The van der Waals surface area contributed by atoms with E-state index in [1.54, 1.807) is 93.7 Å². The molecule has 0 bridgehead atoms. The summed E-state index contributed by atoms with van der Waals surface area (Å²) in [7, 11) is 6.09. The maximum absolute atomic E-state index is 14.4. The zero-order valence-electron chi connectivity index (χ0n) is 67.6. The van der Waals surface area contributed by atoms with Crippen LogP contribution >= 0.6 is 72.8 Å². The number of nitriles is 1. The molecule has 4 amide bonds. The monoisotopic (exact) mass is 2090 g/mol. The van der Waals surface area contributed by atoms with Crippen LogP contribution in [-0.2, 0) is 30.2 Å². The number of H-pyrrole nitrogens is 3. The van der Waals surface area contributed by atoms with Crippen molar-refractivity contribution in [3.05, 3.63) is 276 Å². The van der Waals surface area contributed by atoms with Crippen molar-refractivity contribution in [2.24, 2.45) is 0 Å². The molecule has 0 saturated heterocycles. The van der Waals surface area contributed by atoms with Gasteiger partial charge in [0.15, 0.2) is 0 Å². The number of halogens is 6. The molecule has 0 aliphatic heterocycles. The number of carbonyl (C=O) groups is 6. The number of imidazole rings is 2. The number of ether oxygens (including phenoxy) is 6. The molecular weight excluding hydrogens is 2010 g/mol. The number of aromatic nitrogens is 9. The second-order valence-electron chi connectivity index (χ2n) is 24.4. The summed E-state index contributed by atoms with van der Waals surface area (Å²) in [6, 6.07) is 40.7. The van der Waals surface area contributed by atoms with Gasteiger partial charge in [-0.2, -0.15) is 5.26 Å². The van der Waals surface area contributed by atoms with Crippen molar-refractivity contribution in [1.29, 1.82) is 5.26 Å². The van der Waals surface area contributed by atoms with Crippen LogP contribution in [0.2, 0.25) is 5.02 Å². The summed E-state index contributed by atoms with van der Waals surface area (Å²) in [6.45, 7) is 10.2. The molecule has 658 valence electrons. The molecule has 44 heteroatoms. The third-order valence-corrected chi connectivity index (χ3v) is 16.1. The van der Waals surface area contributed by atoms with E-state index in [0.29, 0.717) is 87.4 Å². The molecule has 38 nitrogen and oxygen atoms in total. The zero-order valence-corrected chi connectivity index (χ0v) is 75.0. The number of anilines is 4. The minimum absolute atomic E-state index is 0. The number of phenols is 1. The van der Waals surface area contributed by atoms with Crippen LogP contribution in [0.3, 0.4) is 0 Å². The summed E-state index contributed by atoms with van der Waals surface area (Å²) in [4.78, 5) is 134. The van der Waals surface area contributed by atoms with Crippen LogP contribution in [0.4, 0.5) is 42.9 Å². The highest BCUT2D eigenvalue weighted by molar-refractivity contribution is 15.0. The van der Waals surface area contributed by atoms with Gasteiger partial charge in [0.25, 0.3) is 40.6 Å². The topological polar surface area (TPSA) is 582 Å². The standard InChI is InChI=1S/C23H17FN6O3.C18H18N4O4.C13H12N4O4.C8H14O3.C7H7ClN2O.C7H5FN2.C6H6N2O3.I2.HI/c1-26-22(31)17-10-12(7-8-27-17)33-11-5-6-14-16(9-11)29-21(28-14)19-20(25)18-13(24)3-2-4-15(18)30-23(19)32;1-3-25-17(23)10-16-21-13-5-4-11(8-14(13)22-16)26-12-6-7-20-15(9-12)18(24)19-2;1-15-13(18)11-6-9(4-5-16-11)21-8-2-3-10(14)12(7-8)17(19)20;1-4-10-7(3)6-8(9)11-5-2;1-9-7(11)6-4-5(8)2-3-10-6;8-6-2-1-3-7(10)5(6)4-9;7-5-2-1-4(9)3-6(5)8(10)11;1-2;/h2-10H,1H3,(H,26,31)(H,28,29)(H3,25,30,32);4-9H,3,10H2,1-2H3,(H,19,24)(H,21,22);2-7H,14H2,1H3,(H,15,18);3-6H2,1-2H3;2-4H,1H3,(H,9,11);1-3H,10H2;1-3,9H,7H2;;1H. The number of hydrogen-bond donors (Lipinski definition) is 12. The van der Waals surface area contributed by atoms with Gasteiger partial charge in [-0.1, -0.05) is 30.3 Å². The first kappa shape index (κ1) is 102. The Balaban J connectivity index is 0.000000273. The Kier molecular flexibility index (Phi) is 41.6. The largest absolute Gasteiger partial charge is 0.508 e. The van der Waals surface area contributed by atoms with Crippen molar-refractivity contribution in [2.45, 2.75) is 33.6 Å². The smallest absolute Gasteiger partial charge is 0.313 e. The first-order valence-electron chi connectivity index (χ1n) is 36.3. The van der Waals surface area contributed by atoms with Crippen molar-refractivity contribution in [3.63, 3.8) is 0 Å². The molecule has 0 radical (unpaired) electrons. The highest BCUT2D eigenvalue weighted by Gasteiger charge is 2.21. The van der Waals surface area contributed by atoms with Crippen molar-refractivity contribution in [1.82, 2.24) is 66.1 Å². The number of fused-ring (bicyclic) bond motifs is 3. The number of nitro benzene ring substituents is 2. The molecule has 13 aromatic rings. The third-order valence-electron chi connectivity index (χ3n) is 15.9. The Morgan fingerprint density at radius 3 is 1.43 bits per heavy atom. The molecular formula is C82H80ClF2I3N20O18. The quantitative estimate of drug-likeness (QED) is 0.00604. The van der Waals surface area contributed by atoms with Gasteiger partial charge in [-0.15, -0.1) is 24.0 Å². The van der Waals surface area contributed by atoms with Crippen LogP contribution in [0.15, 0.2) is 200 Å². The van der Waals surface area contributed by atoms with E-state index in [-0.39, 0.29) is 157 Å². The predicted octanol–water partition coefficient (Wildman–Crippen LogP) is 14.4. The van der Waals surface area contributed by atoms with Crippen molar-refractivity contribution >= 4 is 175 Å². The number of nitrogens with two attached hydrogens (primary N) is 4. The van der Waals surface area contributed by atoms with Crippen molar-refractivity contribution < 1.29 is 80.9 Å². The normalized spacial score (nSPS) is 9.90. The van der Waals surface area contributed by atoms with Gasteiger partial charge < -0.3 is 92.7 Å². The average molecular weight is 2090 g/mol. The summed E-state index contributed by atoms with van der Waals surface area (Å²) >= 11 is 9.87. The number of rotatable bonds is 21. The lowest BCUT2D eigenvalue weighted by Crippen LogP contribution is -2.18. The molecule has 0 spiro atoms. The van der Waals surface area contributed by atoms with Gasteiger partial charge in [0, 0.05) is 126 Å². The Hall–Kier alpha value is -14.5. The summed E-state index contributed by atoms with van der Waals surface area (Å²) in [5.41, 5.74) is 25.3. The molecule has 0 aliphatic carbocycles. The Morgan fingerprint density at radius 1 is 0.540 bits per heavy atom. The van der Waals surface area contributed by atoms with E-state index in [9.17, 15) is 62.6 Å². The Morgan fingerprint density at radius 2 is 0.968 bits per heavy atom. The van der Waals surface area contributed by atoms with Gasteiger partial charge in [-0.05, 0) is 124 Å². The number of carbonyl (C=O) groups excluding carboxylic acids is 6. The number of esters is 2. The molecule has 0 unspecified atom stereocenters. The molecule has 0 fully saturated rings. The van der Waals surface area contributed by atoms with Crippen molar-refractivity contribution in [2.75, 3.05) is 70.9 Å². The molecule has 126 heavy (non-hydrogen) atoms. The lowest BCUT2D eigenvalue weighted by molar-refractivity contribution is -0.384. The fraction of sp³-hybridized carbons (Fsp3) is 0.146. The molecule has 7 heterocycles. The van der Waals surface area contributed by atoms with Crippen LogP contribution in [-0.4, -0.2) is 143 Å². The highest BCUT2D eigenvalue weighted by Crippen LogP contribution is 2.34. The fourth-order valence-corrected chi connectivity index (χ4v) is 10.4. The number of phenolic OH excluding ortho intramolecular Hbond substituents is 1. The zero-order chi connectivity index (χ0) is 92.0. The number of aromatic amines is 3. The SMILES string of the molecule is C=C(CC(=O)OCC)OCC.CCOC(=O)Cc1nc2ccc(Oc3ccnc(C(=O)NC)c3)cc2[nH]1.CNC(=O)c1cc(Cl)ccn1.CNC(=O)c1cc(Oc2ccc(N)c([N+](=O)[O-])c2)ccn1.CNC(=O)c1cc(Oc2ccc3nc(-c4c(N)c5c(F)cccc5[nH]c4=O)[nH]c3c2)ccn1.I.II.N#Cc1c(N)cccc1F.Nc1ccc(O)cc1[N+](=O)[O-]. The summed E-state index contributed by atoms with van der Waals surface area (Å²) in [5, 5.41) is 48.7. The number of nitro groups is 2. The van der Waals surface area contributed by atoms with Crippen LogP contribution in [0.25, 0.3) is 44.4 Å². The van der Waals surface area contributed by atoms with Gasteiger partial charge in [-0.25, -0.2) is 18.7 Å². The van der Waals surface area contributed by atoms with Crippen LogP contribution in [0.5, 0.6) is 40.2 Å². The number of pyridine rings is 5. The summed E-state index contributed by atoms with van der Waals surface area (Å²) < 4.78 is 58.6. The van der Waals surface area contributed by atoms with Crippen molar-refractivity contribution in [3.8, 4) is 57.7 Å². The molecule has 6 aromatic carbocycles. The van der Waals surface area contributed by atoms with E-state index in [0.717, 1.165) is 17.1 Å². The minimum atomic E-state index is -0.644. The van der Waals surface area contributed by atoms with Gasteiger partial charge in [0.05, 0.1) is 91.9 Å². The fourth-order valence-electron chi connectivity index (χ4n) is 10.2. The number of nitrogen functional groups attached to an aromatic ring is 4. The molecule has 16 N–H and O–H groups in total. The second kappa shape index (κ2) is 51.4. The first-order valence-corrected chi connectivity index (χ1v) is 43.0. The van der Waals surface area contributed by atoms with Gasteiger partial charge in [0.1, 0.15) is 128 Å². The number of amides is 4. The Labute approximate surface area is 760 Å².